The minimum absolute atomic E-state index is 0.0491. The quantitative estimate of drug-likeness (QED) is 0.118. The maximum absolute atomic E-state index is 13.7. The van der Waals surface area contributed by atoms with Gasteiger partial charge in [0, 0.05) is 56.2 Å². The maximum atomic E-state index is 13.7. The second kappa shape index (κ2) is 14.7. The lowest BCUT2D eigenvalue weighted by Gasteiger charge is -2.19. The van der Waals surface area contributed by atoms with Crippen molar-refractivity contribution in [3.63, 3.8) is 0 Å². The van der Waals surface area contributed by atoms with Crippen LogP contribution in [0.15, 0.2) is 76.7 Å². The third-order valence-electron chi connectivity index (χ3n) is 9.16. The molecule has 4 aliphatic rings. The molecule has 2 amide bonds. The highest BCUT2D eigenvalue weighted by molar-refractivity contribution is 7.87. The molecule has 0 radical (unpaired) electrons. The van der Waals surface area contributed by atoms with Crippen LogP contribution in [0.5, 0.6) is 28.7 Å². The van der Waals surface area contributed by atoms with Crippen LogP contribution in [-0.4, -0.2) is 94.6 Å². The number of methoxy groups -OCH3 is 3. The Morgan fingerprint density at radius 2 is 1.25 bits per heavy atom. The van der Waals surface area contributed by atoms with E-state index in [1.807, 2.05) is 30.5 Å². The Morgan fingerprint density at radius 1 is 0.727 bits per heavy atom. The third kappa shape index (κ3) is 7.28. The molecule has 0 aromatic heterocycles. The molecule has 0 unspecified atom stereocenters. The largest absolute Gasteiger partial charge is 0.534 e. The standard InChI is InChI=1S/C37H33F3N4O10S/c1-49-25-7-5-21(6-8-25)22-11-23-17-41-29-15-33(31(50-2)13-27(29)35(45)43(23)19-22)52-9-4-10-53-34-16-30-28(14-32(34)51-3)36(46)44-20-26(12-24(44)18-42-30)54-55(47,48)37(38,39)40/h5-8,13-20,23-24H,4,9-12H2,1-3H3/t23-,24-/m0/s1. The monoisotopic (exact) mass is 782 g/mol. The number of fused-ring (bicyclic) bond motifs is 4. The number of amides is 2. The summed E-state index contributed by atoms with van der Waals surface area (Å²) in [6.07, 6.45) is 6.49. The lowest BCUT2D eigenvalue weighted by Crippen LogP contribution is -2.32. The van der Waals surface area contributed by atoms with Crippen LogP contribution in [0, 0.1) is 0 Å². The lowest BCUT2D eigenvalue weighted by atomic mass is 10.0. The number of hydrogen-bond acceptors (Lipinski definition) is 12. The van der Waals surface area contributed by atoms with Crippen LogP contribution in [0.2, 0.25) is 0 Å². The highest BCUT2D eigenvalue weighted by Crippen LogP contribution is 2.42. The Kier molecular flexibility index (Phi) is 9.93. The number of nitrogens with zero attached hydrogens (tertiary/aromatic N) is 4. The smallest absolute Gasteiger partial charge is 0.497 e. The molecule has 0 N–H and O–H groups in total. The first-order valence-corrected chi connectivity index (χ1v) is 18.2. The lowest BCUT2D eigenvalue weighted by molar-refractivity contribution is -0.0522. The zero-order valence-electron chi connectivity index (χ0n) is 29.5. The fourth-order valence-corrected chi connectivity index (χ4v) is 6.88. The highest BCUT2D eigenvalue weighted by Gasteiger charge is 2.50. The molecule has 18 heteroatoms. The number of halogens is 3. The molecule has 0 fully saturated rings. The van der Waals surface area contributed by atoms with Crippen LogP contribution in [0.1, 0.15) is 45.5 Å². The Hall–Kier alpha value is -6.04. The zero-order chi connectivity index (χ0) is 39.1. The second-order valence-corrected chi connectivity index (χ2v) is 14.1. The van der Waals surface area contributed by atoms with E-state index in [9.17, 15) is 31.2 Å². The van der Waals surface area contributed by atoms with Gasteiger partial charge in [0.2, 0.25) is 0 Å². The molecule has 7 rings (SSSR count). The zero-order valence-corrected chi connectivity index (χ0v) is 30.3. The van der Waals surface area contributed by atoms with Crippen LogP contribution in [-0.2, 0) is 14.3 Å². The molecule has 3 aromatic rings. The van der Waals surface area contributed by atoms with Gasteiger partial charge in [-0.05, 0) is 35.4 Å². The van der Waals surface area contributed by atoms with Crippen LogP contribution in [0.3, 0.4) is 0 Å². The average molecular weight is 783 g/mol. The molecule has 0 spiro atoms. The molecule has 0 aliphatic carbocycles. The van der Waals surface area contributed by atoms with Gasteiger partial charge in [-0.2, -0.15) is 21.6 Å². The van der Waals surface area contributed by atoms with Crippen molar-refractivity contribution < 1.29 is 59.0 Å². The predicted molar refractivity (Wildman–Crippen MR) is 192 cm³/mol. The fraction of sp³-hybridized carbons (Fsp3) is 0.297. The second-order valence-electron chi connectivity index (χ2n) is 12.6. The van der Waals surface area contributed by atoms with Crippen molar-refractivity contribution in [3.8, 4) is 28.7 Å². The molecule has 55 heavy (non-hydrogen) atoms. The molecule has 2 atom stereocenters. The van der Waals surface area contributed by atoms with Crippen LogP contribution < -0.4 is 23.7 Å². The third-order valence-corrected chi connectivity index (χ3v) is 10.2. The summed E-state index contributed by atoms with van der Waals surface area (Å²) >= 11 is 0. The fourth-order valence-electron chi connectivity index (χ4n) is 6.39. The van der Waals surface area contributed by atoms with Crippen molar-refractivity contribution in [1.82, 2.24) is 9.80 Å². The van der Waals surface area contributed by atoms with Gasteiger partial charge in [0.1, 0.15) is 11.5 Å². The van der Waals surface area contributed by atoms with Crippen LogP contribution in [0.25, 0.3) is 5.57 Å². The van der Waals surface area contributed by atoms with E-state index in [0.717, 1.165) is 28.0 Å². The molecular weight excluding hydrogens is 749 g/mol. The first-order valence-electron chi connectivity index (χ1n) is 16.8. The average Bonchev–Trinajstić information content (AvgIpc) is 3.72. The number of benzene rings is 3. The number of hydrogen-bond donors (Lipinski definition) is 0. The summed E-state index contributed by atoms with van der Waals surface area (Å²) in [5.74, 6) is 0.507. The molecule has 4 heterocycles. The number of rotatable bonds is 12. The summed E-state index contributed by atoms with van der Waals surface area (Å²) in [7, 11) is -1.45. The van der Waals surface area contributed by atoms with Gasteiger partial charge in [0.05, 0.1) is 69.1 Å². The molecule has 0 bridgehead atoms. The summed E-state index contributed by atoms with van der Waals surface area (Å²) in [6.45, 7) is 0.346. The van der Waals surface area contributed by atoms with Gasteiger partial charge < -0.3 is 37.7 Å². The van der Waals surface area contributed by atoms with Gasteiger partial charge >= 0.3 is 15.6 Å². The minimum Gasteiger partial charge on any atom is -0.497 e. The predicted octanol–water partition coefficient (Wildman–Crippen LogP) is 6.17. The maximum Gasteiger partial charge on any atom is 0.534 e. The van der Waals surface area contributed by atoms with Crippen molar-refractivity contribution >= 4 is 51.3 Å². The van der Waals surface area contributed by atoms with Crippen LogP contribution >= 0.6 is 0 Å². The van der Waals surface area contributed by atoms with Gasteiger partial charge in [-0.25, -0.2) is 0 Å². The van der Waals surface area contributed by atoms with E-state index in [1.54, 1.807) is 30.4 Å². The minimum atomic E-state index is -5.91. The summed E-state index contributed by atoms with van der Waals surface area (Å²) < 4.78 is 93.9. The molecule has 0 saturated carbocycles. The van der Waals surface area contributed by atoms with Crippen molar-refractivity contribution in [1.29, 1.82) is 0 Å². The molecule has 14 nitrogen and oxygen atoms in total. The first kappa shape index (κ1) is 37.3. The number of alkyl halides is 3. The van der Waals surface area contributed by atoms with Crippen LogP contribution in [0.4, 0.5) is 24.5 Å². The van der Waals surface area contributed by atoms with E-state index in [-0.39, 0.29) is 54.3 Å². The van der Waals surface area contributed by atoms with E-state index in [1.165, 1.54) is 32.6 Å². The van der Waals surface area contributed by atoms with Crippen molar-refractivity contribution in [3.05, 3.63) is 83.4 Å². The highest BCUT2D eigenvalue weighted by atomic mass is 32.2. The van der Waals surface area contributed by atoms with E-state index in [4.69, 9.17) is 23.7 Å². The summed E-state index contributed by atoms with van der Waals surface area (Å²) in [5, 5.41) is 0. The number of carbonyl (C=O) groups is 2. The van der Waals surface area contributed by atoms with Gasteiger partial charge in [0.15, 0.2) is 23.0 Å². The Bertz CT molecular complexity index is 2270. The van der Waals surface area contributed by atoms with Crippen molar-refractivity contribution in [2.75, 3.05) is 34.5 Å². The number of carbonyl (C=O) groups excluding carboxylic acids is 2. The Labute approximate surface area is 313 Å². The van der Waals surface area contributed by atoms with Crippen molar-refractivity contribution in [2.45, 2.75) is 36.9 Å². The van der Waals surface area contributed by atoms with E-state index in [2.05, 4.69) is 14.2 Å². The first-order chi connectivity index (χ1) is 26.3. The molecular formula is C37H33F3N4O10S. The van der Waals surface area contributed by atoms with Crippen molar-refractivity contribution in [2.24, 2.45) is 9.98 Å². The molecule has 0 saturated heterocycles. The SMILES string of the molecule is COc1ccc(C2=CN3C(=O)c4cc(OC)c(OCCCOc5cc6c(cc5OC)C(=O)N5C=C(OS(=O)(=O)C(F)(F)F)C[C@H]5C=N6)cc4N=C[C@@H]3C2)cc1. The number of ether oxygens (including phenoxy) is 5. The van der Waals surface area contributed by atoms with E-state index in [0.29, 0.717) is 35.6 Å². The summed E-state index contributed by atoms with van der Waals surface area (Å²) in [6, 6.07) is 12.7. The summed E-state index contributed by atoms with van der Waals surface area (Å²) in [4.78, 5) is 38.7. The Morgan fingerprint density at radius 3 is 1.76 bits per heavy atom. The molecule has 288 valence electrons. The van der Waals surface area contributed by atoms with Gasteiger partial charge in [-0.15, -0.1) is 0 Å². The topological polar surface area (TPSA) is 155 Å². The summed E-state index contributed by atoms with van der Waals surface area (Å²) in [5.41, 5.74) is -2.56. The van der Waals surface area contributed by atoms with Gasteiger partial charge in [0.25, 0.3) is 11.8 Å². The molecule has 4 aliphatic heterocycles. The van der Waals surface area contributed by atoms with Gasteiger partial charge in [-0.1, -0.05) is 12.1 Å². The van der Waals surface area contributed by atoms with E-state index >= 15 is 0 Å². The van der Waals surface area contributed by atoms with Gasteiger partial charge in [-0.3, -0.25) is 19.6 Å². The van der Waals surface area contributed by atoms with E-state index < -0.39 is 33.3 Å². The Balaban J connectivity index is 0.985. The number of aliphatic imine (C=N–C) groups is 2. The normalized spacial score (nSPS) is 18.7. The molecule has 3 aromatic carbocycles.